The number of esters is 2. The van der Waals surface area contributed by atoms with E-state index in [0.29, 0.717) is 6.42 Å². The van der Waals surface area contributed by atoms with Gasteiger partial charge in [-0.3, -0.25) is 9.59 Å². The summed E-state index contributed by atoms with van der Waals surface area (Å²) in [5.41, 5.74) is -0.607. The zero-order valence-corrected chi connectivity index (χ0v) is 26.7. The van der Waals surface area contributed by atoms with Crippen LogP contribution in [0.25, 0.3) is 0 Å². The van der Waals surface area contributed by atoms with E-state index in [1.165, 1.54) is 6.92 Å². The number of halogens is 2. The molecule has 1 aliphatic heterocycles. The number of allylic oxidation sites excluding steroid dienone is 3. The van der Waals surface area contributed by atoms with Gasteiger partial charge in [0.25, 0.3) is 0 Å². The highest BCUT2D eigenvalue weighted by Gasteiger charge is 2.35. The zero-order chi connectivity index (χ0) is 29.9. The molecule has 0 aromatic heterocycles. The fourth-order valence-corrected chi connectivity index (χ4v) is 5.94. The standard InChI is InChI=1S/C30H48BrClO7/c1-8-25(35)21(5)28(32)24(31)16-18(2)10-9-11-19(3)29-20(4)12-13-26(38-22(6)33)30(7,37)15-14-23(34)17-27(36)39-29/h9-13,18,20-21,23-26,28-29,34-35,37H,8,14-17H2,1-7H3/b10-9+,13-12+,19-11+. The van der Waals surface area contributed by atoms with E-state index in [1.807, 2.05) is 39.8 Å². The Kier molecular flexibility index (Phi) is 15.6. The van der Waals surface area contributed by atoms with Crippen LogP contribution in [0.4, 0.5) is 0 Å². The average Bonchev–Trinajstić information content (AvgIpc) is 2.85. The summed E-state index contributed by atoms with van der Waals surface area (Å²) in [6.07, 6.45) is 7.86. The van der Waals surface area contributed by atoms with Crippen LogP contribution in [0, 0.1) is 17.8 Å². The van der Waals surface area contributed by atoms with Crippen molar-refractivity contribution in [1.82, 2.24) is 0 Å². The molecule has 0 amide bonds. The quantitative estimate of drug-likeness (QED) is 0.124. The Hall–Kier alpha value is -1.19. The van der Waals surface area contributed by atoms with Crippen LogP contribution in [0.5, 0.6) is 0 Å². The lowest BCUT2D eigenvalue weighted by Crippen LogP contribution is -2.42. The average molecular weight is 636 g/mol. The lowest BCUT2D eigenvalue weighted by atomic mass is 9.88. The molecule has 7 nitrogen and oxygen atoms in total. The Balaban J connectivity index is 3.07. The third kappa shape index (κ3) is 12.5. The van der Waals surface area contributed by atoms with Gasteiger partial charge in [-0.1, -0.05) is 67.9 Å². The molecule has 0 radical (unpaired) electrons. The van der Waals surface area contributed by atoms with E-state index in [1.54, 1.807) is 19.1 Å². The van der Waals surface area contributed by atoms with Crippen molar-refractivity contribution in [2.75, 3.05) is 0 Å². The van der Waals surface area contributed by atoms with Gasteiger partial charge < -0.3 is 24.8 Å². The first-order chi connectivity index (χ1) is 18.1. The van der Waals surface area contributed by atoms with Crippen molar-refractivity contribution in [1.29, 1.82) is 0 Å². The number of cyclic esters (lactones) is 1. The molecule has 0 fully saturated rings. The van der Waals surface area contributed by atoms with Crippen molar-refractivity contribution in [3.8, 4) is 0 Å². The number of aliphatic hydroxyl groups is 3. The van der Waals surface area contributed by atoms with Crippen molar-refractivity contribution >= 4 is 39.5 Å². The highest BCUT2D eigenvalue weighted by atomic mass is 79.9. The first kappa shape index (κ1) is 35.8. The maximum Gasteiger partial charge on any atom is 0.309 e. The van der Waals surface area contributed by atoms with Crippen LogP contribution in [0.2, 0.25) is 0 Å². The van der Waals surface area contributed by atoms with Gasteiger partial charge in [0.15, 0.2) is 0 Å². The molecular weight excluding hydrogens is 588 g/mol. The monoisotopic (exact) mass is 634 g/mol. The lowest BCUT2D eigenvalue weighted by molar-refractivity contribution is -0.157. The number of carbonyl (C=O) groups excluding carboxylic acids is 2. The molecule has 0 spiro atoms. The van der Waals surface area contributed by atoms with E-state index in [4.69, 9.17) is 21.1 Å². The molecule has 0 saturated heterocycles. The number of aliphatic hydroxyl groups excluding tert-OH is 2. The fourth-order valence-electron chi connectivity index (χ4n) is 4.60. The normalized spacial score (nSPS) is 32.2. The van der Waals surface area contributed by atoms with Crippen molar-refractivity contribution in [3.05, 3.63) is 36.0 Å². The van der Waals surface area contributed by atoms with Gasteiger partial charge in [-0.05, 0) is 63.0 Å². The smallest absolute Gasteiger partial charge is 0.309 e. The van der Waals surface area contributed by atoms with Gasteiger partial charge in [-0.2, -0.15) is 0 Å². The van der Waals surface area contributed by atoms with E-state index in [-0.39, 0.29) is 47.2 Å². The van der Waals surface area contributed by atoms with E-state index in [0.717, 1.165) is 12.0 Å². The van der Waals surface area contributed by atoms with Gasteiger partial charge in [-0.25, -0.2) is 0 Å². The molecule has 224 valence electrons. The molecule has 0 aromatic carbocycles. The number of carbonyl (C=O) groups is 2. The van der Waals surface area contributed by atoms with Crippen LogP contribution in [-0.2, 0) is 19.1 Å². The van der Waals surface area contributed by atoms with E-state index < -0.39 is 42.0 Å². The maximum absolute atomic E-state index is 12.6. The highest BCUT2D eigenvalue weighted by molar-refractivity contribution is 9.09. The van der Waals surface area contributed by atoms with Crippen LogP contribution >= 0.6 is 27.5 Å². The predicted octanol–water partition coefficient (Wildman–Crippen LogP) is 5.62. The number of ether oxygens (including phenoxy) is 2. The minimum absolute atomic E-state index is 0.0336. The second kappa shape index (κ2) is 16.9. The molecule has 0 saturated carbocycles. The van der Waals surface area contributed by atoms with Crippen LogP contribution in [0.15, 0.2) is 36.0 Å². The largest absolute Gasteiger partial charge is 0.457 e. The van der Waals surface area contributed by atoms with Gasteiger partial charge in [0.05, 0.1) is 24.0 Å². The lowest BCUT2D eigenvalue weighted by Gasteiger charge is -2.32. The molecule has 3 N–H and O–H groups in total. The summed E-state index contributed by atoms with van der Waals surface area (Å²) in [4.78, 5) is 24.3. The number of alkyl halides is 2. The summed E-state index contributed by atoms with van der Waals surface area (Å²) in [5.74, 6) is -1.17. The first-order valence-electron chi connectivity index (χ1n) is 13.9. The maximum atomic E-state index is 12.6. The van der Waals surface area contributed by atoms with Crippen molar-refractivity contribution in [2.45, 2.75) is 121 Å². The van der Waals surface area contributed by atoms with E-state index in [9.17, 15) is 24.9 Å². The van der Waals surface area contributed by atoms with Gasteiger partial charge >= 0.3 is 11.9 Å². The predicted molar refractivity (Wildman–Crippen MR) is 159 cm³/mol. The molecule has 10 unspecified atom stereocenters. The number of hydrogen-bond donors (Lipinski definition) is 3. The summed E-state index contributed by atoms with van der Waals surface area (Å²) in [6.45, 7) is 12.6. The second-order valence-electron chi connectivity index (χ2n) is 11.2. The highest BCUT2D eigenvalue weighted by Crippen LogP contribution is 2.30. The molecule has 10 atom stereocenters. The van der Waals surface area contributed by atoms with E-state index >= 15 is 0 Å². The second-order valence-corrected chi connectivity index (χ2v) is 12.9. The Morgan fingerprint density at radius 1 is 1.33 bits per heavy atom. The molecule has 1 rings (SSSR count). The van der Waals surface area contributed by atoms with Crippen molar-refractivity contribution < 1.29 is 34.4 Å². The number of rotatable bonds is 10. The molecule has 39 heavy (non-hydrogen) atoms. The van der Waals surface area contributed by atoms with Gasteiger partial charge in [0, 0.05) is 17.7 Å². The van der Waals surface area contributed by atoms with Crippen LogP contribution < -0.4 is 0 Å². The minimum atomic E-state index is -1.41. The molecule has 0 aromatic rings. The molecule has 0 bridgehead atoms. The Morgan fingerprint density at radius 3 is 2.56 bits per heavy atom. The first-order valence-corrected chi connectivity index (χ1v) is 15.2. The van der Waals surface area contributed by atoms with Gasteiger partial charge in [0.1, 0.15) is 17.8 Å². The zero-order valence-electron chi connectivity index (χ0n) is 24.3. The summed E-state index contributed by atoms with van der Waals surface area (Å²) in [6, 6.07) is 0. The number of hydrogen-bond acceptors (Lipinski definition) is 7. The summed E-state index contributed by atoms with van der Waals surface area (Å²) >= 11 is 10.3. The molecule has 1 heterocycles. The molecule has 1 aliphatic rings. The van der Waals surface area contributed by atoms with Crippen LogP contribution in [0.3, 0.4) is 0 Å². The summed E-state index contributed by atoms with van der Waals surface area (Å²) in [5, 5.41) is 31.2. The Bertz CT molecular complexity index is 871. The molecular formula is C30H48BrClO7. The van der Waals surface area contributed by atoms with Gasteiger partial charge in [-0.15, -0.1) is 11.6 Å². The van der Waals surface area contributed by atoms with E-state index in [2.05, 4.69) is 28.9 Å². The van der Waals surface area contributed by atoms with Crippen molar-refractivity contribution in [3.63, 3.8) is 0 Å². The van der Waals surface area contributed by atoms with Crippen molar-refractivity contribution in [2.24, 2.45) is 17.8 Å². The van der Waals surface area contributed by atoms with Gasteiger partial charge in [0.2, 0.25) is 0 Å². The SMILES string of the molecule is CCC(O)C(C)C(Cl)C(Br)CC(C)/C=C/C=C(\C)C1OC(=O)CC(O)CCC(C)(O)C(OC(C)=O)/C=C/C1C. The summed E-state index contributed by atoms with van der Waals surface area (Å²) in [7, 11) is 0. The third-order valence-corrected chi connectivity index (χ3v) is 9.28. The Labute approximate surface area is 247 Å². The minimum Gasteiger partial charge on any atom is -0.457 e. The Morgan fingerprint density at radius 2 is 1.97 bits per heavy atom. The molecule has 0 aliphatic carbocycles. The topological polar surface area (TPSA) is 113 Å². The fraction of sp³-hybridized carbons (Fsp3) is 0.733. The summed E-state index contributed by atoms with van der Waals surface area (Å²) < 4.78 is 11.1. The third-order valence-electron chi connectivity index (χ3n) is 7.33. The van der Waals surface area contributed by atoms with Crippen LogP contribution in [-0.4, -0.2) is 67.5 Å². The molecule has 9 heteroatoms. The van der Waals surface area contributed by atoms with Crippen LogP contribution in [0.1, 0.15) is 80.6 Å².